The van der Waals surface area contributed by atoms with Gasteiger partial charge in [-0.25, -0.2) is 4.68 Å². The summed E-state index contributed by atoms with van der Waals surface area (Å²) in [5.41, 5.74) is 5.55. The molecule has 6 nitrogen and oxygen atoms in total. The number of carbonyl (C=O) groups excluding carboxylic acids is 2. The molecule has 0 unspecified atom stereocenters. The Balaban J connectivity index is 1.80. The number of nitrogens with zero attached hydrogens (tertiary/aromatic N) is 3. The van der Waals surface area contributed by atoms with E-state index in [2.05, 4.69) is 52.9 Å². The molecular formula is C29H38N4O2. The molecule has 0 radical (unpaired) electrons. The van der Waals surface area contributed by atoms with Crippen molar-refractivity contribution in [3.63, 3.8) is 0 Å². The van der Waals surface area contributed by atoms with Crippen LogP contribution in [-0.4, -0.2) is 40.1 Å². The maximum Gasteiger partial charge on any atom is 0.254 e. The van der Waals surface area contributed by atoms with Gasteiger partial charge in [0, 0.05) is 24.1 Å². The number of aromatic nitrogens is 2. The van der Waals surface area contributed by atoms with Crippen LogP contribution in [0, 0.1) is 13.8 Å². The van der Waals surface area contributed by atoms with Gasteiger partial charge < -0.3 is 10.2 Å². The highest BCUT2D eigenvalue weighted by Gasteiger charge is 2.23. The topological polar surface area (TPSA) is 67.2 Å². The molecule has 0 fully saturated rings. The SMILES string of the molecule is Cc1ccc(-n2nc(C(C)(C)C)cc2NC(=O)CN(C)C(=O)c2ccc(C(C)(C)C)cc2)c(C)c1. The molecule has 2 aromatic carbocycles. The fraction of sp³-hybridized carbons (Fsp3) is 0.414. The molecule has 1 aromatic heterocycles. The van der Waals surface area contributed by atoms with Gasteiger partial charge in [0.2, 0.25) is 5.91 Å². The number of anilines is 1. The van der Waals surface area contributed by atoms with Crippen LogP contribution in [-0.2, 0) is 15.6 Å². The minimum absolute atomic E-state index is 0.0119. The number of benzene rings is 2. The molecule has 2 amide bonds. The summed E-state index contributed by atoms with van der Waals surface area (Å²) in [6.45, 7) is 16.7. The lowest BCUT2D eigenvalue weighted by atomic mass is 9.86. The first-order valence-electron chi connectivity index (χ1n) is 12.0. The lowest BCUT2D eigenvalue weighted by molar-refractivity contribution is -0.116. The molecule has 0 aliphatic rings. The summed E-state index contributed by atoms with van der Waals surface area (Å²) in [6, 6.07) is 15.6. The largest absolute Gasteiger partial charge is 0.332 e. The van der Waals surface area contributed by atoms with Gasteiger partial charge in [0.1, 0.15) is 5.82 Å². The van der Waals surface area contributed by atoms with E-state index in [4.69, 9.17) is 5.10 Å². The molecule has 3 rings (SSSR count). The van der Waals surface area contributed by atoms with E-state index in [9.17, 15) is 9.59 Å². The van der Waals surface area contributed by atoms with Gasteiger partial charge in [-0.2, -0.15) is 5.10 Å². The van der Waals surface area contributed by atoms with Crippen LogP contribution < -0.4 is 5.32 Å². The summed E-state index contributed by atoms with van der Waals surface area (Å²) in [4.78, 5) is 27.3. The van der Waals surface area contributed by atoms with E-state index in [0.717, 1.165) is 28.1 Å². The van der Waals surface area contributed by atoms with Crippen LogP contribution in [0.25, 0.3) is 5.69 Å². The second-order valence-electron chi connectivity index (χ2n) is 11.4. The molecule has 186 valence electrons. The van der Waals surface area contributed by atoms with E-state index in [1.54, 1.807) is 11.7 Å². The predicted octanol–water partition coefficient (Wildman–Crippen LogP) is 5.79. The van der Waals surface area contributed by atoms with Crippen LogP contribution in [0.1, 0.15) is 74.3 Å². The molecule has 3 aromatic rings. The highest BCUT2D eigenvalue weighted by atomic mass is 16.2. The van der Waals surface area contributed by atoms with Gasteiger partial charge in [-0.15, -0.1) is 0 Å². The van der Waals surface area contributed by atoms with Crippen LogP contribution in [0.4, 0.5) is 5.82 Å². The van der Waals surface area contributed by atoms with Crippen LogP contribution in [0.5, 0.6) is 0 Å². The summed E-state index contributed by atoms with van der Waals surface area (Å²) in [7, 11) is 1.64. The zero-order valence-electron chi connectivity index (χ0n) is 22.5. The minimum atomic E-state index is -0.279. The van der Waals surface area contributed by atoms with E-state index >= 15 is 0 Å². The predicted molar refractivity (Wildman–Crippen MR) is 142 cm³/mol. The second kappa shape index (κ2) is 9.68. The van der Waals surface area contributed by atoms with Crippen LogP contribution >= 0.6 is 0 Å². The maximum absolute atomic E-state index is 13.0. The second-order valence-corrected chi connectivity index (χ2v) is 11.4. The molecule has 0 aliphatic heterocycles. The number of likely N-dealkylation sites (N-methyl/N-ethyl adjacent to an activating group) is 1. The Labute approximate surface area is 209 Å². The van der Waals surface area contributed by atoms with Gasteiger partial charge in [-0.1, -0.05) is 71.4 Å². The number of nitrogens with one attached hydrogen (secondary N) is 1. The Morgan fingerprint density at radius 1 is 0.914 bits per heavy atom. The van der Waals surface area contributed by atoms with Crippen LogP contribution in [0.3, 0.4) is 0 Å². The van der Waals surface area contributed by atoms with Crippen molar-refractivity contribution in [3.8, 4) is 5.69 Å². The van der Waals surface area contributed by atoms with E-state index < -0.39 is 0 Å². The quantitative estimate of drug-likeness (QED) is 0.509. The lowest BCUT2D eigenvalue weighted by Crippen LogP contribution is -2.35. The molecular weight excluding hydrogens is 436 g/mol. The molecule has 0 saturated heterocycles. The average Bonchev–Trinajstić information content (AvgIpc) is 3.16. The summed E-state index contributed by atoms with van der Waals surface area (Å²) in [5.74, 6) is 0.111. The zero-order valence-corrected chi connectivity index (χ0v) is 22.5. The first kappa shape index (κ1) is 26.2. The fourth-order valence-corrected chi connectivity index (χ4v) is 3.87. The highest BCUT2D eigenvalue weighted by molar-refractivity contribution is 5.99. The van der Waals surface area contributed by atoms with Gasteiger partial charge in [-0.3, -0.25) is 9.59 Å². The van der Waals surface area contributed by atoms with Crippen molar-refractivity contribution in [1.82, 2.24) is 14.7 Å². The number of rotatable bonds is 5. The normalized spacial score (nSPS) is 11.9. The Morgan fingerprint density at radius 3 is 2.09 bits per heavy atom. The number of hydrogen-bond donors (Lipinski definition) is 1. The first-order valence-corrected chi connectivity index (χ1v) is 12.0. The molecule has 6 heteroatoms. The maximum atomic E-state index is 13.0. The molecule has 0 aliphatic carbocycles. The summed E-state index contributed by atoms with van der Waals surface area (Å²) in [5, 5.41) is 7.78. The van der Waals surface area contributed by atoms with Crippen molar-refractivity contribution < 1.29 is 9.59 Å². The van der Waals surface area contributed by atoms with Crippen LogP contribution in [0.15, 0.2) is 48.5 Å². The molecule has 0 bridgehead atoms. The van der Waals surface area contributed by atoms with E-state index in [1.165, 1.54) is 4.90 Å². The number of carbonyl (C=O) groups is 2. The van der Waals surface area contributed by atoms with Crippen molar-refractivity contribution >= 4 is 17.6 Å². The molecule has 1 N–H and O–H groups in total. The van der Waals surface area contributed by atoms with Gasteiger partial charge in [0.25, 0.3) is 5.91 Å². The van der Waals surface area contributed by atoms with Crippen molar-refractivity contribution in [3.05, 3.63) is 76.5 Å². The number of amides is 2. The third kappa shape index (κ3) is 6.18. The minimum Gasteiger partial charge on any atom is -0.332 e. The fourth-order valence-electron chi connectivity index (χ4n) is 3.87. The Hall–Kier alpha value is -3.41. The number of hydrogen-bond acceptors (Lipinski definition) is 3. The summed E-state index contributed by atoms with van der Waals surface area (Å²) >= 11 is 0. The van der Waals surface area contributed by atoms with Gasteiger partial charge in [0.15, 0.2) is 0 Å². The van der Waals surface area contributed by atoms with Crippen molar-refractivity contribution in [2.75, 3.05) is 18.9 Å². The van der Waals surface area contributed by atoms with Crippen molar-refractivity contribution in [1.29, 1.82) is 0 Å². The molecule has 35 heavy (non-hydrogen) atoms. The van der Waals surface area contributed by atoms with Gasteiger partial charge in [-0.05, 0) is 48.6 Å². The van der Waals surface area contributed by atoms with Crippen molar-refractivity contribution in [2.24, 2.45) is 0 Å². The van der Waals surface area contributed by atoms with Gasteiger partial charge in [0.05, 0.1) is 17.9 Å². The number of aryl methyl sites for hydroxylation is 2. The Bertz CT molecular complexity index is 1230. The van der Waals surface area contributed by atoms with Gasteiger partial charge >= 0.3 is 0 Å². The standard InChI is InChI=1S/C29H38N4O2/c1-19-10-15-23(20(2)16-19)33-25(17-24(31-33)29(6,7)8)30-26(34)18-32(9)27(35)21-11-13-22(14-12-21)28(3,4)5/h10-17H,18H2,1-9H3,(H,30,34). The lowest BCUT2D eigenvalue weighted by Gasteiger charge is -2.20. The Kier molecular flexibility index (Phi) is 7.25. The zero-order chi connectivity index (χ0) is 26.1. The molecule has 0 atom stereocenters. The molecule has 0 spiro atoms. The smallest absolute Gasteiger partial charge is 0.254 e. The van der Waals surface area contributed by atoms with Crippen LogP contribution in [0.2, 0.25) is 0 Å². The highest BCUT2D eigenvalue weighted by Crippen LogP contribution is 2.28. The van der Waals surface area contributed by atoms with E-state index in [0.29, 0.717) is 11.4 Å². The monoisotopic (exact) mass is 474 g/mol. The Morgan fingerprint density at radius 2 is 1.54 bits per heavy atom. The third-order valence-corrected chi connectivity index (χ3v) is 6.05. The van der Waals surface area contributed by atoms with E-state index in [-0.39, 0.29) is 29.2 Å². The average molecular weight is 475 g/mol. The molecule has 0 saturated carbocycles. The molecule has 1 heterocycles. The summed E-state index contributed by atoms with van der Waals surface area (Å²) < 4.78 is 1.78. The van der Waals surface area contributed by atoms with E-state index in [1.807, 2.05) is 56.3 Å². The first-order chi connectivity index (χ1) is 16.2. The summed E-state index contributed by atoms with van der Waals surface area (Å²) in [6.07, 6.45) is 0. The van der Waals surface area contributed by atoms with Crippen molar-refractivity contribution in [2.45, 2.75) is 66.2 Å². The third-order valence-electron chi connectivity index (χ3n) is 6.05.